The van der Waals surface area contributed by atoms with Gasteiger partial charge in [0.05, 0.1) is 23.0 Å². The van der Waals surface area contributed by atoms with Crippen molar-refractivity contribution in [2.24, 2.45) is 0 Å². The zero-order valence-corrected chi connectivity index (χ0v) is 16.8. The zero-order valence-electron chi connectivity index (χ0n) is 15.3. The first kappa shape index (κ1) is 19.1. The molecule has 28 heavy (non-hydrogen) atoms. The second-order valence-electron chi connectivity index (χ2n) is 6.70. The summed E-state index contributed by atoms with van der Waals surface area (Å²) in [7, 11) is -3.60. The van der Waals surface area contributed by atoms with Crippen molar-refractivity contribution in [2.75, 3.05) is 24.5 Å². The van der Waals surface area contributed by atoms with E-state index in [1.807, 2.05) is 0 Å². The van der Waals surface area contributed by atoms with Gasteiger partial charge in [-0.25, -0.2) is 27.8 Å². The van der Waals surface area contributed by atoms with Crippen LogP contribution in [0, 0.1) is 0 Å². The molecular formula is C18H21ClN6O2S. The third-order valence-electron chi connectivity index (χ3n) is 4.81. The van der Waals surface area contributed by atoms with Crippen molar-refractivity contribution >= 4 is 38.5 Å². The smallest absolute Gasteiger partial charge is 0.240 e. The van der Waals surface area contributed by atoms with Gasteiger partial charge in [-0.05, 0) is 43.5 Å². The highest BCUT2D eigenvalue weighted by Crippen LogP contribution is 2.25. The fraction of sp³-hybridized carbons (Fsp3) is 0.389. The predicted octanol–water partition coefficient (Wildman–Crippen LogP) is 2.45. The van der Waals surface area contributed by atoms with Gasteiger partial charge in [0.15, 0.2) is 5.65 Å². The molecule has 2 aromatic heterocycles. The van der Waals surface area contributed by atoms with E-state index in [1.165, 1.54) is 18.6 Å². The fourth-order valence-corrected chi connectivity index (χ4v) is 4.53. The lowest BCUT2D eigenvalue weighted by molar-refractivity contribution is 0.564. The molecular weight excluding hydrogens is 400 g/mol. The summed E-state index contributed by atoms with van der Waals surface area (Å²) >= 11 is 5.82. The van der Waals surface area contributed by atoms with E-state index < -0.39 is 10.0 Å². The van der Waals surface area contributed by atoms with E-state index in [4.69, 9.17) is 11.6 Å². The Morgan fingerprint density at radius 2 is 1.82 bits per heavy atom. The lowest BCUT2D eigenvalue weighted by Crippen LogP contribution is -2.30. The molecule has 1 aliphatic heterocycles. The number of aromatic nitrogens is 4. The highest BCUT2D eigenvalue weighted by Gasteiger charge is 2.18. The molecule has 3 aromatic rings. The van der Waals surface area contributed by atoms with E-state index in [0.717, 1.165) is 37.1 Å². The van der Waals surface area contributed by atoms with Gasteiger partial charge in [0.1, 0.15) is 12.1 Å². The summed E-state index contributed by atoms with van der Waals surface area (Å²) in [4.78, 5) is 11.2. The molecule has 148 valence electrons. The first-order valence-corrected chi connectivity index (χ1v) is 11.1. The lowest BCUT2D eigenvalue weighted by atomic mass is 10.1. The summed E-state index contributed by atoms with van der Waals surface area (Å²) in [5, 5.41) is 5.78. The standard InChI is InChI=1S/C18H21ClN6O2S/c19-14-4-6-15(7-5-14)28(26,27)23-8-11-25-18-16(12-22-25)17(20-13-21-18)24-9-2-1-3-10-24/h4-7,12-13,23H,1-3,8-11H2. The summed E-state index contributed by atoms with van der Waals surface area (Å²) in [6.45, 7) is 2.54. The number of halogens is 1. The van der Waals surface area contributed by atoms with Crippen molar-refractivity contribution in [2.45, 2.75) is 30.7 Å². The van der Waals surface area contributed by atoms with Crippen LogP contribution in [0.25, 0.3) is 11.0 Å². The minimum Gasteiger partial charge on any atom is -0.356 e. The van der Waals surface area contributed by atoms with E-state index in [1.54, 1.807) is 29.3 Å². The lowest BCUT2D eigenvalue weighted by Gasteiger charge is -2.27. The van der Waals surface area contributed by atoms with Crippen molar-refractivity contribution in [3.05, 3.63) is 41.8 Å². The summed E-state index contributed by atoms with van der Waals surface area (Å²) in [6, 6.07) is 6.06. The maximum atomic E-state index is 12.4. The number of anilines is 1. The number of hydrogen-bond donors (Lipinski definition) is 1. The van der Waals surface area contributed by atoms with Crippen LogP contribution in [0.1, 0.15) is 19.3 Å². The molecule has 1 N–H and O–H groups in total. The minimum absolute atomic E-state index is 0.178. The second-order valence-corrected chi connectivity index (χ2v) is 8.91. The Morgan fingerprint density at radius 1 is 1.07 bits per heavy atom. The predicted molar refractivity (Wildman–Crippen MR) is 108 cm³/mol. The van der Waals surface area contributed by atoms with Crippen LogP contribution in [-0.2, 0) is 16.6 Å². The van der Waals surface area contributed by atoms with Crippen LogP contribution < -0.4 is 9.62 Å². The molecule has 1 aromatic carbocycles. The van der Waals surface area contributed by atoms with Crippen molar-refractivity contribution < 1.29 is 8.42 Å². The minimum atomic E-state index is -3.60. The van der Waals surface area contributed by atoms with E-state index in [0.29, 0.717) is 17.2 Å². The van der Waals surface area contributed by atoms with E-state index in [2.05, 4.69) is 24.7 Å². The Balaban J connectivity index is 1.47. The number of nitrogens with zero attached hydrogens (tertiary/aromatic N) is 5. The average molecular weight is 421 g/mol. The molecule has 0 amide bonds. The summed E-state index contributed by atoms with van der Waals surface area (Å²) in [5.74, 6) is 0.901. The monoisotopic (exact) mass is 420 g/mol. The third kappa shape index (κ3) is 3.96. The number of hydrogen-bond acceptors (Lipinski definition) is 6. The number of fused-ring (bicyclic) bond motifs is 1. The van der Waals surface area contributed by atoms with E-state index >= 15 is 0 Å². The highest BCUT2D eigenvalue weighted by atomic mass is 35.5. The summed E-state index contributed by atoms with van der Waals surface area (Å²) in [5.41, 5.74) is 0.710. The van der Waals surface area contributed by atoms with Crippen molar-refractivity contribution in [3.8, 4) is 0 Å². The molecule has 1 fully saturated rings. The molecule has 0 unspecified atom stereocenters. The average Bonchev–Trinajstić information content (AvgIpc) is 3.12. The van der Waals surface area contributed by atoms with Crippen LogP contribution >= 0.6 is 11.6 Å². The van der Waals surface area contributed by atoms with Crippen LogP contribution in [0.5, 0.6) is 0 Å². The first-order valence-electron chi connectivity index (χ1n) is 9.21. The molecule has 0 bridgehead atoms. The molecule has 0 aliphatic carbocycles. The van der Waals surface area contributed by atoms with E-state index in [-0.39, 0.29) is 11.4 Å². The van der Waals surface area contributed by atoms with Gasteiger partial charge in [-0.1, -0.05) is 11.6 Å². The second kappa shape index (κ2) is 8.02. The van der Waals surface area contributed by atoms with Gasteiger partial charge in [-0.3, -0.25) is 0 Å². The number of nitrogens with one attached hydrogen (secondary N) is 1. The Labute approximate surface area is 168 Å². The largest absolute Gasteiger partial charge is 0.356 e. The van der Waals surface area contributed by atoms with Crippen molar-refractivity contribution in [3.63, 3.8) is 0 Å². The summed E-state index contributed by atoms with van der Waals surface area (Å²) in [6.07, 6.45) is 6.87. The van der Waals surface area contributed by atoms with Crippen LogP contribution in [-0.4, -0.2) is 47.8 Å². The van der Waals surface area contributed by atoms with Gasteiger partial charge in [0.25, 0.3) is 0 Å². The zero-order chi connectivity index (χ0) is 19.6. The van der Waals surface area contributed by atoms with Crippen LogP contribution in [0.2, 0.25) is 5.02 Å². The Morgan fingerprint density at radius 3 is 2.57 bits per heavy atom. The van der Waals surface area contributed by atoms with Gasteiger partial charge < -0.3 is 4.90 Å². The Hall–Kier alpha value is -2.23. The van der Waals surface area contributed by atoms with Gasteiger partial charge in [-0.2, -0.15) is 5.10 Å². The maximum absolute atomic E-state index is 12.4. The molecule has 0 radical (unpaired) electrons. The number of benzene rings is 1. The van der Waals surface area contributed by atoms with Crippen LogP contribution in [0.4, 0.5) is 5.82 Å². The van der Waals surface area contributed by atoms with Gasteiger partial charge in [-0.15, -0.1) is 0 Å². The summed E-state index contributed by atoms with van der Waals surface area (Å²) < 4.78 is 29.1. The molecule has 0 atom stereocenters. The quantitative estimate of drug-likeness (QED) is 0.658. The van der Waals surface area contributed by atoms with Crippen molar-refractivity contribution in [1.29, 1.82) is 0 Å². The number of sulfonamides is 1. The SMILES string of the molecule is O=S(=O)(NCCn1ncc2c(N3CCCCC3)ncnc21)c1ccc(Cl)cc1. The number of rotatable bonds is 6. The molecule has 10 heteroatoms. The highest BCUT2D eigenvalue weighted by molar-refractivity contribution is 7.89. The number of piperidine rings is 1. The molecule has 4 rings (SSSR count). The molecule has 1 aliphatic rings. The van der Waals surface area contributed by atoms with Gasteiger partial charge in [0, 0.05) is 24.7 Å². The first-order chi connectivity index (χ1) is 13.5. The Bertz CT molecular complexity index is 1060. The fourth-order valence-electron chi connectivity index (χ4n) is 3.38. The van der Waals surface area contributed by atoms with Gasteiger partial charge in [0.2, 0.25) is 10.0 Å². The molecule has 8 nitrogen and oxygen atoms in total. The van der Waals surface area contributed by atoms with Crippen molar-refractivity contribution in [1.82, 2.24) is 24.5 Å². The molecule has 0 spiro atoms. The molecule has 3 heterocycles. The topological polar surface area (TPSA) is 93.0 Å². The van der Waals surface area contributed by atoms with E-state index in [9.17, 15) is 8.42 Å². The van der Waals surface area contributed by atoms with Gasteiger partial charge >= 0.3 is 0 Å². The molecule has 0 saturated carbocycles. The Kier molecular flexibility index (Phi) is 5.47. The maximum Gasteiger partial charge on any atom is 0.240 e. The van der Waals surface area contributed by atoms with Crippen LogP contribution in [0.15, 0.2) is 41.7 Å². The molecule has 1 saturated heterocycles. The van der Waals surface area contributed by atoms with Crippen LogP contribution in [0.3, 0.4) is 0 Å². The third-order valence-corrected chi connectivity index (χ3v) is 6.54. The normalized spacial score (nSPS) is 15.2.